The third-order valence-corrected chi connectivity index (χ3v) is 3.41. The van der Waals surface area contributed by atoms with Crippen molar-refractivity contribution in [3.05, 3.63) is 0 Å². The third-order valence-electron chi connectivity index (χ3n) is 3.41. The van der Waals surface area contributed by atoms with Crippen LogP contribution in [0.3, 0.4) is 0 Å². The van der Waals surface area contributed by atoms with Gasteiger partial charge in [-0.15, -0.1) is 0 Å². The summed E-state index contributed by atoms with van der Waals surface area (Å²) in [5, 5.41) is 8.91. The molecule has 1 nitrogen and oxygen atoms in total. The van der Waals surface area contributed by atoms with E-state index in [1.54, 1.807) is 0 Å². The van der Waals surface area contributed by atoms with Gasteiger partial charge in [0.05, 0.1) is 0 Å². The van der Waals surface area contributed by atoms with Crippen LogP contribution in [0, 0.1) is 11.8 Å². The smallest absolute Gasteiger partial charge is 0.0456 e. The maximum Gasteiger partial charge on any atom is 0.0456 e. The lowest BCUT2D eigenvalue weighted by Gasteiger charge is -2.14. The maximum absolute atomic E-state index is 8.91. The van der Waals surface area contributed by atoms with E-state index in [1.807, 2.05) is 0 Å². The first-order valence-electron chi connectivity index (χ1n) is 6.85. The van der Waals surface area contributed by atoms with Gasteiger partial charge in [0.2, 0.25) is 0 Å². The zero-order valence-electron chi connectivity index (χ0n) is 11.0. The largest absolute Gasteiger partial charge is 0.396 e. The Morgan fingerprint density at radius 3 is 2.07 bits per heavy atom. The first-order chi connectivity index (χ1) is 7.24. The van der Waals surface area contributed by atoms with Crippen molar-refractivity contribution in [1.82, 2.24) is 0 Å². The van der Waals surface area contributed by atoms with E-state index in [0.29, 0.717) is 12.5 Å². The summed E-state index contributed by atoms with van der Waals surface area (Å²) in [5.74, 6) is 1.45. The molecular weight excluding hydrogens is 184 g/mol. The van der Waals surface area contributed by atoms with Gasteiger partial charge in [-0.3, -0.25) is 0 Å². The minimum absolute atomic E-state index is 0.354. The van der Waals surface area contributed by atoms with E-state index in [9.17, 15) is 0 Å². The van der Waals surface area contributed by atoms with Crippen molar-refractivity contribution in [2.45, 2.75) is 72.1 Å². The van der Waals surface area contributed by atoms with E-state index in [1.165, 1.54) is 51.4 Å². The Balaban J connectivity index is 3.37. The fourth-order valence-electron chi connectivity index (χ4n) is 2.06. The fraction of sp³-hybridized carbons (Fsp3) is 1.00. The molecule has 1 N–H and O–H groups in total. The van der Waals surface area contributed by atoms with Crippen molar-refractivity contribution >= 4 is 0 Å². The molecule has 92 valence electrons. The quantitative estimate of drug-likeness (QED) is 0.535. The molecule has 0 heterocycles. The monoisotopic (exact) mass is 214 g/mol. The molecule has 1 heteroatoms. The number of unbranched alkanes of at least 4 members (excludes halogenated alkanes) is 2. The van der Waals surface area contributed by atoms with E-state index >= 15 is 0 Å². The van der Waals surface area contributed by atoms with E-state index < -0.39 is 0 Å². The molecule has 0 aromatic heterocycles. The van der Waals surface area contributed by atoms with Crippen molar-refractivity contribution in [2.75, 3.05) is 6.61 Å². The van der Waals surface area contributed by atoms with E-state index in [0.717, 1.165) is 5.92 Å². The highest BCUT2D eigenvalue weighted by atomic mass is 16.3. The molecule has 0 spiro atoms. The minimum Gasteiger partial charge on any atom is -0.396 e. The van der Waals surface area contributed by atoms with Gasteiger partial charge in [0.1, 0.15) is 0 Å². The summed E-state index contributed by atoms with van der Waals surface area (Å²) in [6.07, 6.45) is 10.7. The molecule has 0 amide bonds. The van der Waals surface area contributed by atoms with E-state index in [-0.39, 0.29) is 0 Å². The highest BCUT2D eigenvalue weighted by molar-refractivity contribution is 4.59. The number of hydrogen-bond donors (Lipinski definition) is 1. The molecule has 0 aromatic carbocycles. The van der Waals surface area contributed by atoms with Crippen LogP contribution in [0.2, 0.25) is 0 Å². The highest BCUT2D eigenvalue weighted by Crippen LogP contribution is 2.20. The summed E-state index contributed by atoms with van der Waals surface area (Å²) in [6.45, 7) is 7.08. The second kappa shape index (κ2) is 10.5. The SMILES string of the molecule is CCCC[C@H](CC)CCCC[C@@H](C)CO. The van der Waals surface area contributed by atoms with Gasteiger partial charge in [-0.25, -0.2) is 0 Å². The summed E-state index contributed by atoms with van der Waals surface area (Å²) in [4.78, 5) is 0. The summed E-state index contributed by atoms with van der Waals surface area (Å²) >= 11 is 0. The summed E-state index contributed by atoms with van der Waals surface area (Å²) in [7, 11) is 0. The Morgan fingerprint density at radius 2 is 1.53 bits per heavy atom. The van der Waals surface area contributed by atoms with Crippen molar-refractivity contribution in [3.63, 3.8) is 0 Å². The average Bonchev–Trinajstić information content (AvgIpc) is 2.27. The van der Waals surface area contributed by atoms with Crippen LogP contribution in [0.4, 0.5) is 0 Å². The topological polar surface area (TPSA) is 20.2 Å². The van der Waals surface area contributed by atoms with Gasteiger partial charge in [-0.05, 0) is 18.3 Å². The van der Waals surface area contributed by atoms with Crippen LogP contribution in [0.25, 0.3) is 0 Å². The van der Waals surface area contributed by atoms with Crippen molar-refractivity contribution in [3.8, 4) is 0 Å². The minimum atomic E-state index is 0.354. The molecule has 0 saturated carbocycles. The lowest BCUT2D eigenvalue weighted by Crippen LogP contribution is -2.02. The van der Waals surface area contributed by atoms with Crippen molar-refractivity contribution in [1.29, 1.82) is 0 Å². The van der Waals surface area contributed by atoms with E-state index in [2.05, 4.69) is 20.8 Å². The van der Waals surface area contributed by atoms with Gasteiger partial charge >= 0.3 is 0 Å². The van der Waals surface area contributed by atoms with Crippen molar-refractivity contribution < 1.29 is 5.11 Å². The molecule has 0 bridgehead atoms. The zero-order valence-corrected chi connectivity index (χ0v) is 11.0. The first-order valence-corrected chi connectivity index (χ1v) is 6.85. The Labute approximate surface area is 96.3 Å². The normalized spacial score (nSPS) is 15.2. The molecule has 0 aliphatic heterocycles. The molecule has 15 heavy (non-hydrogen) atoms. The number of aliphatic hydroxyl groups is 1. The number of hydrogen-bond acceptors (Lipinski definition) is 1. The summed E-state index contributed by atoms with van der Waals surface area (Å²) < 4.78 is 0. The summed E-state index contributed by atoms with van der Waals surface area (Å²) in [6, 6.07) is 0. The zero-order chi connectivity index (χ0) is 11.5. The molecule has 0 aliphatic carbocycles. The third kappa shape index (κ3) is 8.92. The Bertz CT molecular complexity index is 123. The molecule has 0 aliphatic rings. The van der Waals surface area contributed by atoms with Gasteiger partial charge < -0.3 is 5.11 Å². The molecule has 0 unspecified atom stereocenters. The van der Waals surface area contributed by atoms with Gasteiger partial charge in [-0.2, -0.15) is 0 Å². The van der Waals surface area contributed by atoms with Crippen LogP contribution in [0.5, 0.6) is 0 Å². The van der Waals surface area contributed by atoms with Gasteiger partial charge in [0.15, 0.2) is 0 Å². The first kappa shape index (κ1) is 15.0. The van der Waals surface area contributed by atoms with Crippen molar-refractivity contribution in [2.24, 2.45) is 11.8 Å². The molecule has 0 radical (unpaired) electrons. The standard InChI is InChI=1S/C14H30O/c1-4-6-10-14(5-2)11-8-7-9-13(3)12-15/h13-15H,4-12H2,1-3H3/t13-,14+/m1/s1. The molecule has 2 atom stereocenters. The average molecular weight is 214 g/mol. The summed E-state index contributed by atoms with van der Waals surface area (Å²) in [5.41, 5.74) is 0. The second-order valence-electron chi connectivity index (χ2n) is 4.99. The Kier molecular flexibility index (Phi) is 10.4. The predicted molar refractivity (Wildman–Crippen MR) is 68.0 cm³/mol. The van der Waals surface area contributed by atoms with Crippen LogP contribution >= 0.6 is 0 Å². The number of aliphatic hydroxyl groups excluding tert-OH is 1. The highest BCUT2D eigenvalue weighted by Gasteiger charge is 2.06. The second-order valence-corrected chi connectivity index (χ2v) is 4.99. The number of rotatable bonds is 10. The molecule has 0 saturated heterocycles. The van der Waals surface area contributed by atoms with Crippen LogP contribution in [-0.2, 0) is 0 Å². The van der Waals surface area contributed by atoms with Crippen LogP contribution in [0.1, 0.15) is 72.1 Å². The predicted octanol–water partition coefficient (Wildman–Crippen LogP) is 4.39. The van der Waals surface area contributed by atoms with Gasteiger partial charge in [0.25, 0.3) is 0 Å². The Hall–Kier alpha value is -0.0400. The van der Waals surface area contributed by atoms with Gasteiger partial charge in [-0.1, -0.05) is 65.7 Å². The van der Waals surface area contributed by atoms with Crippen LogP contribution in [0.15, 0.2) is 0 Å². The lowest BCUT2D eigenvalue weighted by atomic mass is 9.92. The van der Waals surface area contributed by atoms with Gasteiger partial charge in [0, 0.05) is 6.61 Å². The maximum atomic E-state index is 8.91. The molecule has 0 aromatic rings. The van der Waals surface area contributed by atoms with Crippen LogP contribution in [-0.4, -0.2) is 11.7 Å². The molecular formula is C14H30O. The lowest BCUT2D eigenvalue weighted by molar-refractivity contribution is 0.226. The fourth-order valence-corrected chi connectivity index (χ4v) is 2.06. The molecule has 0 fully saturated rings. The Morgan fingerprint density at radius 1 is 0.933 bits per heavy atom. The van der Waals surface area contributed by atoms with Crippen LogP contribution < -0.4 is 0 Å². The molecule has 0 rings (SSSR count). The van der Waals surface area contributed by atoms with E-state index in [4.69, 9.17) is 5.11 Å².